The molecule has 3 rings (SSSR count). The van der Waals surface area contributed by atoms with Crippen molar-refractivity contribution in [2.75, 3.05) is 5.32 Å². The number of nitrogens with zero attached hydrogens (tertiary/aromatic N) is 2. The fourth-order valence-electron chi connectivity index (χ4n) is 2.66. The predicted octanol–water partition coefficient (Wildman–Crippen LogP) is 5.30. The predicted molar refractivity (Wildman–Crippen MR) is 111 cm³/mol. The Hall–Kier alpha value is -3.27. The van der Waals surface area contributed by atoms with E-state index in [4.69, 9.17) is 4.98 Å². The lowest BCUT2D eigenvalue weighted by atomic mass is 10.1. The molecule has 0 bridgehead atoms. The van der Waals surface area contributed by atoms with E-state index in [1.807, 2.05) is 86.7 Å². The SMILES string of the molecule is CC(C)CC(=O)Nc1ncc(-c2ccccc2)nc1/C=C/c1ccccc1. The molecule has 3 aromatic rings. The molecule has 0 aliphatic carbocycles. The summed E-state index contributed by atoms with van der Waals surface area (Å²) in [5, 5.41) is 2.89. The van der Waals surface area contributed by atoms with Crippen molar-refractivity contribution in [1.29, 1.82) is 0 Å². The van der Waals surface area contributed by atoms with E-state index in [-0.39, 0.29) is 11.8 Å². The van der Waals surface area contributed by atoms with Crippen LogP contribution in [-0.4, -0.2) is 15.9 Å². The molecule has 0 radical (unpaired) electrons. The largest absolute Gasteiger partial charge is 0.309 e. The van der Waals surface area contributed by atoms with Crippen molar-refractivity contribution >= 4 is 23.9 Å². The molecule has 0 fully saturated rings. The number of amides is 1. The van der Waals surface area contributed by atoms with Crippen LogP contribution < -0.4 is 5.32 Å². The van der Waals surface area contributed by atoms with E-state index in [9.17, 15) is 4.79 Å². The van der Waals surface area contributed by atoms with Crippen LogP contribution in [-0.2, 0) is 4.79 Å². The van der Waals surface area contributed by atoms with Crippen molar-refractivity contribution in [3.63, 3.8) is 0 Å². The number of hydrogen-bond donors (Lipinski definition) is 1. The fourth-order valence-corrected chi connectivity index (χ4v) is 2.66. The Balaban J connectivity index is 1.94. The summed E-state index contributed by atoms with van der Waals surface area (Å²) in [5.41, 5.74) is 3.45. The molecule has 4 heteroatoms. The molecular weight excluding hydrogens is 334 g/mol. The van der Waals surface area contributed by atoms with Crippen LogP contribution in [0.4, 0.5) is 5.82 Å². The van der Waals surface area contributed by atoms with Gasteiger partial charge in [-0.25, -0.2) is 9.97 Å². The van der Waals surface area contributed by atoms with Crippen LogP contribution in [0.15, 0.2) is 66.9 Å². The lowest BCUT2D eigenvalue weighted by Gasteiger charge is -2.10. The van der Waals surface area contributed by atoms with Crippen LogP contribution in [0.1, 0.15) is 31.5 Å². The first-order chi connectivity index (χ1) is 13.1. The van der Waals surface area contributed by atoms with Gasteiger partial charge in [0.25, 0.3) is 0 Å². The van der Waals surface area contributed by atoms with Gasteiger partial charge in [0, 0.05) is 12.0 Å². The van der Waals surface area contributed by atoms with Crippen LogP contribution in [0.2, 0.25) is 0 Å². The van der Waals surface area contributed by atoms with Crippen molar-refractivity contribution in [3.8, 4) is 11.3 Å². The second kappa shape index (κ2) is 8.90. The summed E-state index contributed by atoms with van der Waals surface area (Å²) in [7, 11) is 0. The van der Waals surface area contributed by atoms with E-state index in [0.717, 1.165) is 16.8 Å². The maximum absolute atomic E-state index is 12.2. The maximum Gasteiger partial charge on any atom is 0.225 e. The minimum absolute atomic E-state index is 0.0545. The zero-order valence-corrected chi connectivity index (χ0v) is 15.6. The van der Waals surface area contributed by atoms with Crippen LogP contribution in [0.25, 0.3) is 23.4 Å². The molecule has 1 amide bonds. The third-order valence-electron chi connectivity index (χ3n) is 3.95. The van der Waals surface area contributed by atoms with Crippen LogP contribution in [0, 0.1) is 5.92 Å². The molecule has 1 heterocycles. The van der Waals surface area contributed by atoms with Crippen LogP contribution in [0.5, 0.6) is 0 Å². The molecule has 1 aromatic heterocycles. The Labute approximate surface area is 160 Å². The average Bonchev–Trinajstić information content (AvgIpc) is 2.68. The zero-order valence-electron chi connectivity index (χ0n) is 15.6. The summed E-state index contributed by atoms with van der Waals surface area (Å²) in [4.78, 5) is 21.4. The van der Waals surface area contributed by atoms with E-state index < -0.39 is 0 Å². The molecule has 0 saturated heterocycles. The molecule has 27 heavy (non-hydrogen) atoms. The first-order valence-corrected chi connectivity index (χ1v) is 9.07. The number of carbonyl (C=O) groups excluding carboxylic acids is 1. The van der Waals surface area contributed by atoms with E-state index in [0.29, 0.717) is 17.9 Å². The lowest BCUT2D eigenvalue weighted by Crippen LogP contribution is -2.16. The highest BCUT2D eigenvalue weighted by molar-refractivity contribution is 5.92. The van der Waals surface area contributed by atoms with E-state index in [2.05, 4.69) is 10.3 Å². The van der Waals surface area contributed by atoms with Crippen LogP contribution in [0.3, 0.4) is 0 Å². The van der Waals surface area contributed by atoms with Gasteiger partial charge in [-0.1, -0.05) is 80.6 Å². The Bertz CT molecular complexity index is 919. The summed E-state index contributed by atoms with van der Waals surface area (Å²) in [6.45, 7) is 4.03. The van der Waals surface area contributed by atoms with Gasteiger partial charge in [0.1, 0.15) is 5.69 Å². The Morgan fingerprint density at radius 2 is 1.67 bits per heavy atom. The van der Waals surface area contributed by atoms with Crippen molar-refractivity contribution in [2.45, 2.75) is 20.3 Å². The summed E-state index contributed by atoms with van der Waals surface area (Å²) in [6, 6.07) is 19.9. The van der Waals surface area contributed by atoms with Crippen molar-refractivity contribution < 1.29 is 4.79 Å². The highest BCUT2D eigenvalue weighted by atomic mass is 16.1. The monoisotopic (exact) mass is 357 g/mol. The number of hydrogen-bond acceptors (Lipinski definition) is 3. The van der Waals surface area contributed by atoms with Crippen molar-refractivity contribution in [3.05, 3.63) is 78.1 Å². The van der Waals surface area contributed by atoms with Gasteiger partial charge in [-0.05, 0) is 17.6 Å². The molecule has 4 nitrogen and oxygen atoms in total. The molecule has 1 N–H and O–H groups in total. The van der Waals surface area contributed by atoms with Gasteiger partial charge in [-0.3, -0.25) is 4.79 Å². The number of nitrogens with one attached hydrogen (secondary N) is 1. The standard InChI is InChI=1S/C23H23N3O/c1-17(2)15-22(27)26-23-20(14-13-18-9-5-3-6-10-18)25-21(16-24-23)19-11-7-4-8-12-19/h3-14,16-17H,15H2,1-2H3,(H,24,26,27)/b14-13+. The van der Waals surface area contributed by atoms with Crippen molar-refractivity contribution in [1.82, 2.24) is 9.97 Å². The molecule has 0 aliphatic rings. The van der Waals surface area contributed by atoms with Gasteiger partial charge < -0.3 is 5.32 Å². The lowest BCUT2D eigenvalue weighted by molar-refractivity contribution is -0.116. The summed E-state index contributed by atoms with van der Waals surface area (Å²) < 4.78 is 0. The number of rotatable bonds is 6. The quantitative estimate of drug-likeness (QED) is 0.651. The molecule has 2 aromatic carbocycles. The normalized spacial score (nSPS) is 11.1. The fraction of sp³-hybridized carbons (Fsp3) is 0.174. The summed E-state index contributed by atoms with van der Waals surface area (Å²) in [5.74, 6) is 0.707. The molecule has 0 atom stereocenters. The Morgan fingerprint density at radius 3 is 2.33 bits per heavy atom. The Morgan fingerprint density at radius 1 is 1.00 bits per heavy atom. The minimum Gasteiger partial charge on any atom is -0.309 e. The van der Waals surface area contributed by atoms with E-state index in [1.54, 1.807) is 6.20 Å². The number of benzene rings is 2. The minimum atomic E-state index is -0.0545. The molecule has 0 saturated carbocycles. The number of aromatic nitrogens is 2. The van der Waals surface area contributed by atoms with E-state index in [1.165, 1.54) is 0 Å². The Kier molecular flexibility index (Phi) is 6.10. The van der Waals surface area contributed by atoms with Gasteiger partial charge in [-0.2, -0.15) is 0 Å². The second-order valence-corrected chi connectivity index (χ2v) is 6.75. The topological polar surface area (TPSA) is 54.9 Å². The third kappa shape index (κ3) is 5.35. The summed E-state index contributed by atoms with van der Waals surface area (Å²) >= 11 is 0. The van der Waals surface area contributed by atoms with Crippen molar-refractivity contribution in [2.24, 2.45) is 5.92 Å². The third-order valence-corrected chi connectivity index (χ3v) is 3.95. The van der Waals surface area contributed by atoms with Gasteiger partial charge in [-0.15, -0.1) is 0 Å². The first-order valence-electron chi connectivity index (χ1n) is 9.07. The van der Waals surface area contributed by atoms with Crippen LogP contribution >= 0.6 is 0 Å². The van der Waals surface area contributed by atoms with Gasteiger partial charge in [0.15, 0.2) is 5.82 Å². The van der Waals surface area contributed by atoms with Gasteiger partial charge >= 0.3 is 0 Å². The molecule has 0 aliphatic heterocycles. The molecule has 0 unspecified atom stereocenters. The molecule has 136 valence electrons. The molecule has 0 spiro atoms. The zero-order chi connectivity index (χ0) is 19.1. The highest BCUT2D eigenvalue weighted by Gasteiger charge is 2.11. The summed E-state index contributed by atoms with van der Waals surface area (Å²) in [6.07, 6.45) is 6.00. The maximum atomic E-state index is 12.2. The number of carbonyl (C=O) groups is 1. The smallest absolute Gasteiger partial charge is 0.225 e. The molecular formula is C23H23N3O. The average molecular weight is 357 g/mol. The first kappa shape index (κ1) is 18.5. The number of anilines is 1. The van der Waals surface area contributed by atoms with E-state index >= 15 is 0 Å². The highest BCUT2D eigenvalue weighted by Crippen LogP contribution is 2.21. The van der Waals surface area contributed by atoms with Gasteiger partial charge in [0.2, 0.25) is 5.91 Å². The second-order valence-electron chi connectivity index (χ2n) is 6.75. The van der Waals surface area contributed by atoms with Gasteiger partial charge in [0.05, 0.1) is 11.9 Å².